The van der Waals surface area contributed by atoms with Crippen molar-refractivity contribution in [2.75, 3.05) is 0 Å². The summed E-state index contributed by atoms with van der Waals surface area (Å²) in [5, 5.41) is 7.59. The van der Waals surface area contributed by atoms with Crippen molar-refractivity contribution >= 4 is 43.4 Å². The van der Waals surface area contributed by atoms with Crippen LogP contribution in [0.25, 0.3) is 87.9 Å². The number of hydrogen-bond donors (Lipinski definition) is 1. The van der Waals surface area contributed by atoms with Crippen molar-refractivity contribution in [2.45, 2.75) is 13.8 Å². The van der Waals surface area contributed by atoms with Crippen LogP contribution in [0.1, 0.15) is 13.8 Å². The van der Waals surface area contributed by atoms with Crippen LogP contribution in [0.2, 0.25) is 0 Å². The molecule has 8 aromatic carbocycles. The lowest BCUT2D eigenvalue weighted by molar-refractivity contribution is 1.50. The Hall–Kier alpha value is -5.92. The van der Waals surface area contributed by atoms with Crippen molar-refractivity contribution in [3.05, 3.63) is 170 Å². The van der Waals surface area contributed by atoms with Gasteiger partial charge in [-0.3, -0.25) is 0 Å². The number of benzene rings is 8. The molecule has 0 amide bonds. The summed E-state index contributed by atoms with van der Waals surface area (Å²) in [7, 11) is 0. The second-order valence-electron chi connectivity index (χ2n) is 11.9. The van der Waals surface area contributed by atoms with E-state index >= 15 is 0 Å². The lowest BCUT2D eigenvalue weighted by Crippen LogP contribution is -1.83. The van der Waals surface area contributed by atoms with E-state index in [1.54, 1.807) is 0 Å². The highest BCUT2D eigenvalue weighted by Crippen LogP contribution is 2.36. The summed E-state index contributed by atoms with van der Waals surface area (Å²) in [6.45, 7) is 4.00. The summed E-state index contributed by atoms with van der Waals surface area (Å²) in [5.74, 6) is 0. The monoisotopic (exact) mass is 601 g/mol. The zero-order valence-corrected chi connectivity index (χ0v) is 26.7. The molecule has 9 aromatic rings. The van der Waals surface area contributed by atoms with E-state index in [-0.39, 0.29) is 0 Å². The summed E-state index contributed by atoms with van der Waals surface area (Å²) in [6.07, 6.45) is 0. The molecule has 0 aliphatic rings. The maximum atomic E-state index is 3.63. The van der Waals surface area contributed by atoms with Gasteiger partial charge in [-0.15, -0.1) is 0 Å². The van der Waals surface area contributed by atoms with Gasteiger partial charge >= 0.3 is 0 Å². The molecule has 0 aliphatic carbocycles. The van der Waals surface area contributed by atoms with Gasteiger partial charge in [0.25, 0.3) is 0 Å². The molecule has 0 aliphatic heterocycles. The fourth-order valence-electron chi connectivity index (χ4n) is 6.90. The quantitative estimate of drug-likeness (QED) is 0.207. The van der Waals surface area contributed by atoms with Gasteiger partial charge in [0.1, 0.15) is 0 Å². The summed E-state index contributed by atoms with van der Waals surface area (Å²) < 4.78 is 0. The predicted molar refractivity (Wildman–Crippen MR) is 204 cm³/mol. The number of aromatic amines is 1. The average Bonchev–Trinajstić information content (AvgIpc) is 3.53. The first-order valence-corrected chi connectivity index (χ1v) is 16.5. The molecular formula is C46H35N. The first-order chi connectivity index (χ1) is 23.3. The minimum Gasteiger partial charge on any atom is -0.355 e. The number of nitrogens with one attached hydrogen (secondary N) is 1. The van der Waals surface area contributed by atoms with E-state index < -0.39 is 0 Å². The van der Waals surface area contributed by atoms with Crippen molar-refractivity contribution in [3.63, 3.8) is 0 Å². The first kappa shape index (κ1) is 28.5. The Morgan fingerprint density at radius 3 is 1.11 bits per heavy atom. The van der Waals surface area contributed by atoms with E-state index in [4.69, 9.17) is 0 Å². The minimum absolute atomic E-state index is 1.16. The van der Waals surface area contributed by atoms with E-state index in [0.717, 1.165) is 11.0 Å². The second-order valence-corrected chi connectivity index (χ2v) is 11.9. The van der Waals surface area contributed by atoms with E-state index in [9.17, 15) is 0 Å². The fourth-order valence-corrected chi connectivity index (χ4v) is 6.90. The highest BCUT2D eigenvalue weighted by molar-refractivity contribution is 6.10. The van der Waals surface area contributed by atoms with Gasteiger partial charge in [0.2, 0.25) is 0 Å². The molecule has 1 aromatic heterocycles. The lowest BCUT2D eigenvalue weighted by atomic mass is 9.95. The molecule has 0 bridgehead atoms. The summed E-state index contributed by atoms with van der Waals surface area (Å²) >= 11 is 0. The Morgan fingerprint density at radius 2 is 0.660 bits per heavy atom. The molecule has 0 fully saturated rings. The Kier molecular flexibility index (Phi) is 7.36. The number of fused-ring (bicyclic) bond motifs is 5. The van der Waals surface area contributed by atoms with Crippen molar-refractivity contribution in [1.82, 2.24) is 4.98 Å². The second kappa shape index (κ2) is 12.1. The third kappa shape index (κ3) is 5.16. The Labute approximate surface area is 275 Å². The molecule has 0 spiro atoms. The fraction of sp³-hybridized carbons (Fsp3) is 0.0435. The van der Waals surface area contributed by atoms with Gasteiger partial charge in [0.05, 0.1) is 0 Å². The Morgan fingerprint density at radius 1 is 0.298 bits per heavy atom. The van der Waals surface area contributed by atoms with Crippen molar-refractivity contribution in [1.29, 1.82) is 0 Å². The molecule has 0 saturated heterocycles. The van der Waals surface area contributed by atoms with Crippen LogP contribution in [0, 0.1) is 0 Å². The number of H-pyrrole nitrogens is 1. The van der Waals surface area contributed by atoms with Crippen molar-refractivity contribution in [2.24, 2.45) is 0 Å². The standard InChI is InChI=1S/C44H29N.C2H6/c1-3-11-37-31(7-1)9-5-13-39(37)33-19-15-29(16-20-33)35-23-25-43-41(27-35)42-28-36(24-26-44(42)45-43)30-17-21-34(22-18-30)40-14-6-10-32-8-2-4-12-38(32)40;1-2/h1-28,45H;1-2H3. The SMILES string of the molecule is CC.c1ccc2c(-c3ccc(-c4ccc5[nH]c6ccc(-c7ccc(-c8cccc9ccccc89)cc7)cc6c5c4)cc3)cccc2c1. The maximum absolute atomic E-state index is 3.63. The zero-order chi connectivity index (χ0) is 31.7. The van der Waals surface area contributed by atoms with Crippen LogP contribution in [-0.4, -0.2) is 4.98 Å². The third-order valence-corrected chi connectivity index (χ3v) is 9.24. The lowest BCUT2D eigenvalue weighted by Gasteiger charge is -2.09. The van der Waals surface area contributed by atoms with Gasteiger partial charge in [-0.2, -0.15) is 0 Å². The largest absolute Gasteiger partial charge is 0.355 e. The Balaban J connectivity index is 0.00000159. The molecule has 1 N–H and O–H groups in total. The molecule has 1 nitrogen and oxygen atoms in total. The van der Waals surface area contributed by atoms with Gasteiger partial charge < -0.3 is 4.98 Å². The third-order valence-electron chi connectivity index (χ3n) is 9.24. The molecule has 0 saturated carbocycles. The average molecular weight is 602 g/mol. The first-order valence-electron chi connectivity index (χ1n) is 16.5. The van der Waals surface area contributed by atoms with Crippen LogP contribution in [0.4, 0.5) is 0 Å². The molecule has 1 heterocycles. The van der Waals surface area contributed by atoms with Gasteiger partial charge in [-0.1, -0.05) is 159 Å². The van der Waals surface area contributed by atoms with Crippen molar-refractivity contribution < 1.29 is 0 Å². The van der Waals surface area contributed by atoms with E-state index in [0.29, 0.717) is 0 Å². The van der Waals surface area contributed by atoms with E-state index in [2.05, 4.69) is 175 Å². The molecule has 47 heavy (non-hydrogen) atoms. The maximum Gasteiger partial charge on any atom is 0.0465 e. The van der Waals surface area contributed by atoms with Crippen LogP contribution in [0.15, 0.2) is 170 Å². The molecule has 0 radical (unpaired) electrons. The smallest absolute Gasteiger partial charge is 0.0465 e. The number of rotatable bonds is 4. The minimum atomic E-state index is 1.16. The summed E-state index contributed by atoms with van der Waals surface area (Å²) in [5.41, 5.74) is 12.2. The van der Waals surface area contributed by atoms with Crippen LogP contribution in [-0.2, 0) is 0 Å². The number of hydrogen-bond acceptors (Lipinski definition) is 0. The van der Waals surface area contributed by atoms with Crippen LogP contribution in [0.5, 0.6) is 0 Å². The molecule has 1 heteroatoms. The predicted octanol–water partition coefficient (Wildman–Crippen LogP) is 13.3. The van der Waals surface area contributed by atoms with Crippen molar-refractivity contribution in [3.8, 4) is 44.5 Å². The van der Waals surface area contributed by atoms with Gasteiger partial charge in [0, 0.05) is 21.8 Å². The summed E-state index contributed by atoms with van der Waals surface area (Å²) in [4.78, 5) is 3.63. The zero-order valence-electron chi connectivity index (χ0n) is 26.7. The molecular weight excluding hydrogens is 567 g/mol. The molecule has 9 rings (SSSR count). The molecule has 224 valence electrons. The van der Waals surface area contributed by atoms with E-state index in [1.165, 1.54) is 76.8 Å². The highest BCUT2D eigenvalue weighted by Gasteiger charge is 2.10. The van der Waals surface area contributed by atoms with Gasteiger partial charge in [-0.25, -0.2) is 0 Å². The normalized spacial score (nSPS) is 11.2. The molecule has 0 atom stereocenters. The van der Waals surface area contributed by atoms with E-state index in [1.807, 2.05) is 13.8 Å². The van der Waals surface area contributed by atoms with Crippen LogP contribution >= 0.6 is 0 Å². The van der Waals surface area contributed by atoms with Gasteiger partial charge in [0.15, 0.2) is 0 Å². The highest BCUT2D eigenvalue weighted by atomic mass is 14.7. The van der Waals surface area contributed by atoms with Crippen LogP contribution < -0.4 is 0 Å². The number of aromatic nitrogens is 1. The molecule has 0 unspecified atom stereocenters. The van der Waals surface area contributed by atoms with Gasteiger partial charge in [-0.05, 0) is 90.3 Å². The van der Waals surface area contributed by atoms with Crippen LogP contribution in [0.3, 0.4) is 0 Å². The summed E-state index contributed by atoms with van der Waals surface area (Å²) in [6, 6.07) is 61.7. The topological polar surface area (TPSA) is 15.8 Å². The Bertz CT molecular complexity index is 2330.